The Kier molecular flexibility index (Phi) is 1.78. The highest BCUT2D eigenvalue weighted by Crippen LogP contribution is 2.20. The molecule has 0 fully saturated rings. The van der Waals surface area contributed by atoms with Crippen molar-refractivity contribution in [3.8, 4) is 0 Å². The van der Waals surface area contributed by atoms with Crippen LogP contribution in [0.15, 0.2) is 30.6 Å². The second-order valence-corrected chi connectivity index (χ2v) is 3.54. The van der Waals surface area contributed by atoms with Crippen molar-refractivity contribution in [3.63, 3.8) is 0 Å². The molecule has 3 nitrogen and oxygen atoms in total. The largest absolute Gasteiger partial charge is 0.264 e. The molecule has 0 spiro atoms. The van der Waals surface area contributed by atoms with Gasteiger partial charge in [-0.25, -0.2) is 4.48 Å². The van der Waals surface area contributed by atoms with E-state index in [0.717, 1.165) is 16.8 Å². The van der Waals surface area contributed by atoms with Crippen molar-refractivity contribution >= 4 is 17.5 Å². The van der Waals surface area contributed by atoms with E-state index in [-0.39, 0.29) is 0 Å². The third kappa shape index (κ3) is 1.19. The molecule has 2 rings (SSSR count). The maximum atomic E-state index is 4.23. The van der Waals surface area contributed by atoms with E-state index in [9.17, 15) is 0 Å². The summed E-state index contributed by atoms with van der Waals surface area (Å²) in [6.07, 6.45) is 10.2. The Labute approximate surface area is 75.6 Å². The lowest BCUT2D eigenvalue weighted by molar-refractivity contribution is 0.477. The smallest absolute Gasteiger partial charge is 0.245 e. The van der Waals surface area contributed by atoms with E-state index < -0.39 is 0 Å². The van der Waals surface area contributed by atoms with E-state index >= 15 is 0 Å². The highest BCUT2D eigenvalue weighted by molar-refractivity contribution is 6.99. The van der Waals surface area contributed by atoms with Gasteiger partial charge >= 0.3 is 0 Å². The molecule has 0 N–H and O–H groups in total. The number of aromatic nitrogens is 2. The van der Waals surface area contributed by atoms with Gasteiger partial charge in [-0.05, 0) is 12.2 Å². The maximum Gasteiger partial charge on any atom is 0.264 e. The molecular formula is C8H10N3S+. The molecule has 12 heavy (non-hydrogen) atoms. The highest BCUT2D eigenvalue weighted by atomic mass is 32.1. The molecule has 4 heteroatoms. The third-order valence-electron chi connectivity index (χ3n) is 2.02. The van der Waals surface area contributed by atoms with Gasteiger partial charge in [-0.15, -0.1) is 4.37 Å². The lowest BCUT2D eigenvalue weighted by atomic mass is 10.3. The van der Waals surface area contributed by atoms with E-state index in [2.05, 4.69) is 34.1 Å². The molecule has 62 valence electrons. The molecule has 0 aromatic carbocycles. The quantitative estimate of drug-likeness (QED) is 0.613. The first-order valence-electron chi connectivity index (χ1n) is 3.79. The van der Waals surface area contributed by atoms with Crippen LogP contribution in [-0.2, 0) is 0 Å². The normalized spacial score (nSPS) is 27.8. The number of allylic oxidation sites excluding steroid dienone is 2. The van der Waals surface area contributed by atoms with E-state index in [4.69, 9.17) is 0 Å². The highest BCUT2D eigenvalue weighted by Gasteiger charge is 2.24. The molecule has 1 aromatic heterocycles. The number of quaternary nitrogens is 1. The standard InChI is InChI=1S/C8H10N3S/c1-11(5-3-2-4-6-11)8-7-9-12-10-8/h2-5,7H,6H2,1H3/q+1. The van der Waals surface area contributed by atoms with Crippen LogP contribution in [0.3, 0.4) is 0 Å². The molecule has 1 aliphatic heterocycles. The number of nitrogens with zero attached hydrogens (tertiary/aromatic N) is 3. The monoisotopic (exact) mass is 180 g/mol. The number of hydrogen-bond acceptors (Lipinski definition) is 3. The minimum Gasteiger partial charge on any atom is -0.245 e. The van der Waals surface area contributed by atoms with Crippen LogP contribution in [0.25, 0.3) is 0 Å². The van der Waals surface area contributed by atoms with E-state index in [1.165, 1.54) is 11.7 Å². The lowest BCUT2D eigenvalue weighted by Gasteiger charge is -2.26. The summed E-state index contributed by atoms with van der Waals surface area (Å²) in [5, 5.41) is 0. The Morgan fingerprint density at radius 2 is 2.42 bits per heavy atom. The first kappa shape index (κ1) is 7.64. The van der Waals surface area contributed by atoms with Crippen molar-refractivity contribution in [3.05, 3.63) is 30.6 Å². The van der Waals surface area contributed by atoms with Crippen LogP contribution in [0.1, 0.15) is 0 Å². The zero-order valence-electron chi connectivity index (χ0n) is 6.84. The molecule has 0 saturated carbocycles. The van der Waals surface area contributed by atoms with Gasteiger partial charge in [0.15, 0.2) is 0 Å². The van der Waals surface area contributed by atoms with Gasteiger partial charge in [-0.3, -0.25) is 0 Å². The second kappa shape index (κ2) is 2.80. The Morgan fingerprint density at radius 3 is 3.00 bits per heavy atom. The minimum absolute atomic E-state index is 0.729. The van der Waals surface area contributed by atoms with Crippen molar-refractivity contribution in [2.45, 2.75) is 0 Å². The average Bonchev–Trinajstić information content (AvgIpc) is 2.58. The van der Waals surface area contributed by atoms with Crippen LogP contribution in [0.4, 0.5) is 5.82 Å². The molecule has 2 heterocycles. The van der Waals surface area contributed by atoms with Crippen molar-refractivity contribution in [2.24, 2.45) is 0 Å². The lowest BCUT2D eigenvalue weighted by Crippen LogP contribution is -2.40. The van der Waals surface area contributed by atoms with Gasteiger partial charge in [0, 0.05) is 0 Å². The van der Waals surface area contributed by atoms with Gasteiger partial charge in [-0.2, -0.15) is 4.37 Å². The van der Waals surface area contributed by atoms with Crippen LogP contribution in [0, 0.1) is 0 Å². The predicted octanol–water partition coefficient (Wildman–Crippen LogP) is 1.56. The minimum atomic E-state index is 0.729. The van der Waals surface area contributed by atoms with Crippen LogP contribution in [0.2, 0.25) is 0 Å². The van der Waals surface area contributed by atoms with Gasteiger partial charge in [0.25, 0.3) is 5.82 Å². The number of likely N-dealkylation sites (N-methyl/N-ethyl adjacent to an activating group) is 1. The van der Waals surface area contributed by atoms with Crippen LogP contribution < -0.4 is 4.48 Å². The Morgan fingerprint density at radius 1 is 1.50 bits per heavy atom. The Balaban J connectivity index is 2.34. The molecule has 1 atom stereocenters. The topological polar surface area (TPSA) is 25.8 Å². The average molecular weight is 180 g/mol. The first-order valence-corrected chi connectivity index (χ1v) is 4.52. The summed E-state index contributed by atoms with van der Waals surface area (Å²) in [5.41, 5.74) is 0. The fourth-order valence-electron chi connectivity index (χ4n) is 1.21. The van der Waals surface area contributed by atoms with Crippen LogP contribution in [-0.4, -0.2) is 22.3 Å². The fraction of sp³-hybridized carbons (Fsp3) is 0.250. The van der Waals surface area contributed by atoms with Crippen LogP contribution >= 0.6 is 11.7 Å². The molecule has 0 radical (unpaired) electrons. The molecule has 1 aromatic rings. The van der Waals surface area contributed by atoms with Gasteiger partial charge in [-0.1, -0.05) is 6.08 Å². The van der Waals surface area contributed by atoms with Crippen molar-refractivity contribution in [1.82, 2.24) is 13.2 Å². The maximum absolute atomic E-state index is 4.23. The summed E-state index contributed by atoms with van der Waals surface area (Å²) in [4.78, 5) is 0. The zero-order chi connectivity index (χ0) is 8.44. The molecule has 0 aliphatic carbocycles. The van der Waals surface area contributed by atoms with Gasteiger partial charge < -0.3 is 0 Å². The van der Waals surface area contributed by atoms with Crippen LogP contribution in [0.5, 0.6) is 0 Å². The second-order valence-electron chi connectivity index (χ2n) is 2.99. The Hall–Kier alpha value is -1.00. The first-order chi connectivity index (χ1) is 5.81. The predicted molar refractivity (Wildman–Crippen MR) is 50.8 cm³/mol. The molecule has 1 aliphatic rings. The number of rotatable bonds is 1. The van der Waals surface area contributed by atoms with E-state index in [1.54, 1.807) is 0 Å². The summed E-state index contributed by atoms with van der Waals surface area (Å²) in [7, 11) is 2.12. The summed E-state index contributed by atoms with van der Waals surface area (Å²) < 4.78 is 8.96. The fourth-order valence-corrected chi connectivity index (χ4v) is 1.72. The van der Waals surface area contributed by atoms with Crippen molar-refractivity contribution < 1.29 is 0 Å². The Bertz CT molecular complexity index is 315. The molecule has 0 bridgehead atoms. The third-order valence-corrected chi connectivity index (χ3v) is 2.49. The van der Waals surface area contributed by atoms with E-state index in [1.807, 2.05) is 12.3 Å². The van der Waals surface area contributed by atoms with Gasteiger partial charge in [0.05, 0.1) is 18.8 Å². The van der Waals surface area contributed by atoms with Gasteiger partial charge in [0.1, 0.15) is 18.9 Å². The zero-order valence-corrected chi connectivity index (χ0v) is 7.66. The molecular weight excluding hydrogens is 170 g/mol. The summed E-state index contributed by atoms with van der Waals surface area (Å²) in [5.74, 6) is 1.01. The van der Waals surface area contributed by atoms with Crippen molar-refractivity contribution in [2.75, 3.05) is 13.6 Å². The molecule has 1 unspecified atom stereocenters. The molecule has 0 amide bonds. The van der Waals surface area contributed by atoms with E-state index in [0.29, 0.717) is 0 Å². The summed E-state index contributed by atoms with van der Waals surface area (Å²) in [6.45, 7) is 0.960. The van der Waals surface area contributed by atoms with Gasteiger partial charge in [0.2, 0.25) is 0 Å². The molecule has 0 saturated heterocycles. The number of hydrogen-bond donors (Lipinski definition) is 0. The van der Waals surface area contributed by atoms with Crippen molar-refractivity contribution in [1.29, 1.82) is 0 Å². The SMILES string of the molecule is C[N+]1(c2cnsn2)C=CC=CC1. The summed E-state index contributed by atoms with van der Waals surface area (Å²) in [6, 6.07) is 0. The summed E-state index contributed by atoms with van der Waals surface area (Å²) >= 11 is 1.26.